The molecule has 0 amide bonds. The molecule has 0 radical (unpaired) electrons. The van der Waals surface area contributed by atoms with Crippen LogP contribution in [0.25, 0.3) is 10.9 Å². The number of aliphatic hydroxyl groups is 1. The molecule has 3 heteroatoms. The predicted molar refractivity (Wildman–Crippen MR) is 56.6 cm³/mol. The van der Waals surface area contributed by atoms with E-state index in [2.05, 4.69) is 20.9 Å². The molecule has 0 spiro atoms. The number of H-pyrrole nitrogens is 1. The molecular weight excluding hydrogens is 230 g/mol. The zero-order valence-electron chi connectivity index (χ0n) is 7.21. The molecule has 0 bridgehead atoms. The van der Waals surface area contributed by atoms with Gasteiger partial charge in [-0.15, -0.1) is 0 Å². The molecule has 1 atom stereocenters. The Hall–Kier alpha value is -0.800. The van der Waals surface area contributed by atoms with E-state index in [1.54, 1.807) is 6.92 Å². The summed E-state index contributed by atoms with van der Waals surface area (Å²) in [4.78, 5) is 3.15. The van der Waals surface area contributed by atoms with Crippen LogP contribution in [0.15, 0.2) is 28.7 Å². The number of benzene rings is 1. The summed E-state index contributed by atoms with van der Waals surface area (Å²) in [6.07, 6.45) is -0.439. The van der Waals surface area contributed by atoms with Crippen molar-refractivity contribution in [2.75, 3.05) is 0 Å². The molecule has 0 saturated heterocycles. The molecule has 0 unspecified atom stereocenters. The van der Waals surface area contributed by atoms with Gasteiger partial charge >= 0.3 is 0 Å². The number of hydrogen-bond acceptors (Lipinski definition) is 1. The van der Waals surface area contributed by atoms with Crippen molar-refractivity contribution < 1.29 is 5.11 Å². The van der Waals surface area contributed by atoms with E-state index in [9.17, 15) is 5.11 Å². The van der Waals surface area contributed by atoms with Crippen molar-refractivity contribution >= 4 is 26.8 Å². The van der Waals surface area contributed by atoms with Crippen molar-refractivity contribution in [3.05, 3.63) is 34.4 Å². The van der Waals surface area contributed by atoms with Crippen molar-refractivity contribution in [3.63, 3.8) is 0 Å². The topological polar surface area (TPSA) is 36.0 Å². The van der Waals surface area contributed by atoms with E-state index in [0.717, 1.165) is 21.1 Å². The summed E-state index contributed by atoms with van der Waals surface area (Å²) in [6, 6.07) is 7.96. The van der Waals surface area contributed by atoms with Gasteiger partial charge in [0.15, 0.2) is 0 Å². The Kier molecular flexibility index (Phi) is 2.14. The van der Waals surface area contributed by atoms with Crippen LogP contribution in [0.5, 0.6) is 0 Å². The minimum Gasteiger partial charge on any atom is -0.387 e. The summed E-state index contributed by atoms with van der Waals surface area (Å²) in [5.41, 5.74) is 1.91. The first-order chi connectivity index (χ1) is 6.16. The normalized spacial score (nSPS) is 13.5. The second kappa shape index (κ2) is 3.16. The van der Waals surface area contributed by atoms with Crippen molar-refractivity contribution in [1.29, 1.82) is 0 Å². The molecule has 68 valence electrons. The second-order valence-corrected chi connectivity index (χ2v) is 4.05. The summed E-state index contributed by atoms with van der Waals surface area (Å²) in [7, 11) is 0. The van der Waals surface area contributed by atoms with E-state index >= 15 is 0 Å². The molecule has 0 fully saturated rings. The number of fused-ring (bicyclic) bond motifs is 1. The fraction of sp³-hybridized carbons (Fsp3) is 0.200. The fourth-order valence-electron chi connectivity index (χ4n) is 1.35. The lowest BCUT2D eigenvalue weighted by Gasteiger charge is -1.97. The molecule has 2 rings (SSSR count). The SMILES string of the molecule is C[C@H](O)c1cc2cc(Br)ccc2[nH]1. The highest BCUT2D eigenvalue weighted by Gasteiger charge is 2.04. The first-order valence-electron chi connectivity index (χ1n) is 4.13. The van der Waals surface area contributed by atoms with Crippen LogP contribution in [0, 0.1) is 0 Å². The van der Waals surface area contributed by atoms with Crippen molar-refractivity contribution in [2.24, 2.45) is 0 Å². The quantitative estimate of drug-likeness (QED) is 0.789. The second-order valence-electron chi connectivity index (χ2n) is 3.13. The van der Waals surface area contributed by atoms with E-state index in [1.807, 2.05) is 24.3 Å². The standard InChI is InChI=1S/C10H10BrNO/c1-6(13)10-5-7-4-8(11)2-3-9(7)12-10/h2-6,12-13H,1H3/t6-/m0/s1. The van der Waals surface area contributed by atoms with Crippen molar-refractivity contribution in [2.45, 2.75) is 13.0 Å². The van der Waals surface area contributed by atoms with Crippen molar-refractivity contribution in [3.8, 4) is 0 Å². The van der Waals surface area contributed by atoms with Crippen LogP contribution in [0.2, 0.25) is 0 Å². The largest absolute Gasteiger partial charge is 0.387 e. The van der Waals surface area contributed by atoms with Gasteiger partial charge in [0.1, 0.15) is 0 Å². The molecule has 2 aromatic rings. The Morgan fingerprint density at radius 2 is 2.15 bits per heavy atom. The first kappa shape index (κ1) is 8.78. The highest BCUT2D eigenvalue weighted by atomic mass is 79.9. The Labute approximate surface area is 84.7 Å². The van der Waals surface area contributed by atoms with E-state index in [4.69, 9.17) is 0 Å². The third kappa shape index (κ3) is 1.62. The van der Waals surface area contributed by atoms with Crippen LogP contribution in [0.3, 0.4) is 0 Å². The molecule has 2 nitrogen and oxygen atoms in total. The monoisotopic (exact) mass is 239 g/mol. The number of hydrogen-bond donors (Lipinski definition) is 2. The van der Waals surface area contributed by atoms with Gasteiger partial charge in [-0.1, -0.05) is 15.9 Å². The Morgan fingerprint density at radius 3 is 2.85 bits per heavy atom. The zero-order valence-corrected chi connectivity index (χ0v) is 8.80. The van der Waals surface area contributed by atoms with Gasteiger partial charge in [-0.2, -0.15) is 0 Å². The molecule has 0 saturated carbocycles. The van der Waals surface area contributed by atoms with Gasteiger partial charge in [-0.3, -0.25) is 0 Å². The predicted octanol–water partition coefficient (Wildman–Crippen LogP) is 2.98. The summed E-state index contributed by atoms with van der Waals surface area (Å²) < 4.78 is 1.05. The molecule has 0 aliphatic carbocycles. The van der Waals surface area contributed by atoms with E-state index < -0.39 is 6.10 Å². The van der Waals surface area contributed by atoms with Gasteiger partial charge in [-0.25, -0.2) is 0 Å². The van der Waals surface area contributed by atoms with Gasteiger partial charge in [0.25, 0.3) is 0 Å². The van der Waals surface area contributed by atoms with Crippen LogP contribution < -0.4 is 0 Å². The van der Waals surface area contributed by atoms with Crippen LogP contribution in [0.1, 0.15) is 18.7 Å². The minimum atomic E-state index is -0.439. The van der Waals surface area contributed by atoms with Crippen LogP contribution >= 0.6 is 15.9 Å². The number of aromatic amines is 1. The van der Waals surface area contributed by atoms with E-state index in [1.165, 1.54) is 0 Å². The lowest BCUT2D eigenvalue weighted by atomic mass is 10.2. The molecule has 1 aromatic carbocycles. The molecule has 0 aliphatic rings. The maximum atomic E-state index is 9.35. The molecule has 2 N–H and O–H groups in total. The maximum absolute atomic E-state index is 9.35. The average Bonchev–Trinajstić information content (AvgIpc) is 2.46. The highest BCUT2D eigenvalue weighted by molar-refractivity contribution is 9.10. The van der Waals surface area contributed by atoms with Gasteiger partial charge in [-0.05, 0) is 31.2 Å². The van der Waals surface area contributed by atoms with Crippen LogP contribution in [0.4, 0.5) is 0 Å². The lowest BCUT2D eigenvalue weighted by molar-refractivity contribution is 0.195. The Morgan fingerprint density at radius 1 is 1.38 bits per heavy atom. The summed E-state index contributed by atoms with van der Waals surface area (Å²) in [6.45, 7) is 1.75. The molecule has 1 aromatic heterocycles. The van der Waals surface area contributed by atoms with Gasteiger partial charge < -0.3 is 10.1 Å². The van der Waals surface area contributed by atoms with E-state index in [0.29, 0.717) is 0 Å². The Bertz CT molecular complexity index is 433. The summed E-state index contributed by atoms with van der Waals surface area (Å²) in [5, 5.41) is 10.5. The maximum Gasteiger partial charge on any atom is 0.0910 e. The molecule has 13 heavy (non-hydrogen) atoms. The molecule has 0 aliphatic heterocycles. The van der Waals surface area contributed by atoms with E-state index in [-0.39, 0.29) is 0 Å². The summed E-state index contributed by atoms with van der Waals surface area (Å²) >= 11 is 3.40. The fourth-order valence-corrected chi connectivity index (χ4v) is 1.73. The number of nitrogens with one attached hydrogen (secondary N) is 1. The summed E-state index contributed by atoms with van der Waals surface area (Å²) in [5.74, 6) is 0. The average molecular weight is 240 g/mol. The van der Waals surface area contributed by atoms with Gasteiger partial charge in [0, 0.05) is 21.1 Å². The smallest absolute Gasteiger partial charge is 0.0910 e. The lowest BCUT2D eigenvalue weighted by Crippen LogP contribution is -1.88. The number of aliphatic hydroxyl groups excluding tert-OH is 1. The minimum absolute atomic E-state index is 0.439. The van der Waals surface area contributed by atoms with Crippen LogP contribution in [-0.2, 0) is 0 Å². The number of rotatable bonds is 1. The molecule has 1 heterocycles. The van der Waals surface area contributed by atoms with Gasteiger partial charge in [0.05, 0.1) is 6.10 Å². The molecular formula is C10H10BrNO. The van der Waals surface area contributed by atoms with Crippen molar-refractivity contribution in [1.82, 2.24) is 4.98 Å². The highest BCUT2D eigenvalue weighted by Crippen LogP contribution is 2.22. The zero-order chi connectivity index (χ0) is 9.42. The van der Waals surface area contributed by atoms with Gasteiger partial charge in [0.2, 0.25) is 0 Å². The number of aromatic nitrogens is 1. The Balaban J connectivity index is 2.62. The van der Waals surface area contributed by atoms with Crippen LogP contribution in [-0.4, -0.2) is 10.1 Å². The third-order valence-electron chi connectivity index (χ3n) is 2.05. The first-order valence-corrected chi connectivity index (χ1v) is 4.92. The third-order valence-corrected chi connectivity index (χ3v) is 2.55. The number of halogens is 1.